The van der Waals surface area contributed by atoms with E-state index in [0.29, 0.717) is 24.7 Å². The maximum atomic E-state index is 12.1. The van der Waals surface area contributed by atoms with E-state index in [2.05, 4.69) is 19.2 Å². The number of nitrogens with zero attached hydrogens (tertiary/aromatic N) is 1. The van der Waals surface area contributed by atoms with E-state index in [9.17, 15) is 13.2 Å². The highest BCUT2D eigenvalue weighted by Crippen LogP contribution is 2.18. The van der Waals surface area contributed by atoms with E-state index >= 15 is 0 Å². The molecule has 1 aromatic heterocycles. The molecule has 7 heteroatoms. The van der Waals surface area contributed by atoms with Crippen LogP contribution in [-0.4, -0.2) is 25.4 Å². The SMILES string of the molecule is CCn1cc(S(=O)(=O)Cl)cc1C(=O)NCCCCC(C)C. The summed E-state index contributed by atoms with van der Waals surface area (Å²) in [5.74, 6) is 0.391. The lowest BCUT2D eigenvalue weighted by Gasteiger charge is -2.08. The smallest absolute Gasteiger partial charge is 0.267 e. The minimum absolute atomic E-state index is 0.0454. The fourth-order valence-electron chi connectivity index (χ4n) is 2.04. The summed E-state index contributed by atoms with van der Waals surface area (Å²) in [7, 11) is 1.49. The summed E-state index contributed by atoms with van der Waals surface area (Å²) in [4.78, 5) is 12.0. The molecule has 0 saturated heterocycles. The number of aryl methyl sites for hydroxylation is 1. The van der Waals surface area contributed by atoms with Gasteiger partial charge in [0.2, 0.25) is 0 Å². The van der Waals surface area contributed by atoms with Gasteiger partial charge in [-0.05, 0) is 25.3 Å². The van der Waals surface area contributed by atoms with Crippen LogP contribution >= 0.6 is 10.7 Å². The van der Waals surface area contributed by atoms with E-state index in [1.165, 1.54) is 12.3 Å². The molecule has 1 rings (SSSR count). The molecule has 0 aliphatic rings. The maximum Gasteiger partial charge on any atom is 0.267 e. The van der Waals surface area contributed by atoms with Crippen molar-refractivity contribution >= 4 is 25.6 Å². The third-order valence-corrected chi connectivity index (χ3v) is 4.54. The van der Waals surface area contributed by atoms with Gasteiger partial charge in [0.15, 0.2) is 0 Å². The Morgan fingerprint density at radius 3 is 2.57 bits per heavy atom. The second-order valence-electron chi connectivity index (χ2n) is 5.43. The summed E-state index contributed by atoms with van der Waals surface area (Å²) in [5.41, 5.74) is 0.320. The molecule has 1 amide bonds. The largest absolute Gasteiger partial charge is 0.351 e. The number of aromatic nitrogens is 1. The van der Waals surface area contributed by atoms with Gasteiger partial charge in [-0.25, -0.2) is 8.42 Å². The quantitative estimate of drug-likeness (QED) is 0.587. The lowest BCUT2D eigenvalue weighted by Crippen LogP contribution is -2.26. The molecule has 0 bridgehead atoms. The van der Waals surface area contributed by atoms with Crippen molar-refractivity contribution in [2.24, 2.45) is 5.92 Å². The van der Waals surface area contributed by atoms with Crippen molar-refractivity contribution in [2.45, 2.75) is 51.5 Å². The molecule has 0 radical (unpaired) electrons. The number of nitrogens with one attached hydrogen (secondary N) is 1. The Morgan fingerprint density at radius 2 is 2.05 bits per heavy atom. The van der Waals surface area contributed by atoms with Gasteiger partial charge in [-0.15, -0.1) is 0 Å². The van der Waals surface area contributed by atoms with Crippen molar-refractivity contribution < 1.29 is 13.2 Å². The Kier molecular flexibility index (Phi) is 6.74. The van der Waals surface area contributed by atoms with Gasteiger partial charge < -0.3 is 9.88 Å². The average molecular weight is 335 g/mol. The molecule has 0 fully saturated rings. The number of hydrogen-bond acceptors (Lipinski definition) is 3. The van der Waals surface area contributed by atoms with Crippen molar-refractivity contribution in [3.05, 3.63) is 18.0 Å². The van der Waals surface area contributed by atoms with Gasteiger partial charge in [-0.3, -0.25) is 4.79 Å². The molecule has 0 spiro atoms. The average Bonchev–Trinajstić information content (AvgIpc) is 2.81. The number of hydrogen-bond donors (Lipinski definition) is 1. The van der Waals surface area contributed by atoms with Crippen LogP contribution in [0.15, 0.2) is 17.2 Å². The monoisotopic (exact) mass is 334 g/mol. The van der Waals surface area contributed by atoms with Crippen molar-refractivity contribution in [2.75, 3.05) is 6.54 Å². The van der Waals surface area contributed by atoms with E-state index < -0.39 is 9.05 Å². The second-order valence-corrected chi connectivity index (χ2v) is 8.00. The number of carbonyl (C=O) groups excluding carboxylic acids is 1. The second kappa shape index (κ2) is 7.84. The zero-order valence-electron chi connectivity index (χ0n) is 12.7. The molecular formula is C14H23ClN2O3S. The van der Waals surface area contributed by atoms with Crippen LogP contribution in [0, 0.1) is 5.92 Å². The predicted molar refractivity (Wildman–Crippen MR) is 84.2 cm³/mol. The van der Waals surface area contributed by atoms with E-state index in [4.69, 9.17) is 10.7 Å². The minimum Gasteiger partial charge on any atom is -0.351 e. The van der Waals surface area contributed by atoms with E-state index in [1.54, 1.807) is 4.57 Å². The molecule has 0 aliphatic heterocycles. The molecule has 1 heterocycles. The van der Waals surface area contributed by atoms with Gasteiger partial charge >= 0.3 is 0 Å². The Balaban J connectivity index is 2.63. The number of rotatable bonds is 8. The molecule has 0 saturated carbocycles. The molecule has 1 N–H and O–H groups in total. The van der Waals surface area contributed by atoms with Gasteiger partial charge in [-0.1, -0.05) is 26.7 Å². The summed E-state index contributed by atoms with van der Waals surface area (Å²) in [6.45, 7) is 7.26. The van der Waals surface area contributed by atoms with Gasteiger partial charge in [0.25, 0.3) is 15.0 Å². The number of halogens is 1. The molecule has 0 aromatic carbocycles. The van der Waals surface area contributed by atoms with Crippen LogP contribution in [0.2, 0.25) is 0 Å². The van der Waals surface area contributed by atoms with E-state index in [0.717, 1.165) is 19.3 Å². The number of carbonyl (C=O) groups is 1. The van der Waals surface area contributed by atoms with Gasteiger partial charge in [-0.2, -0.15) is 0 Å². The molecule has 5 nitrogen and oxygen atoms in total. The topological polar surface area (TPSA) is 68.2 Å². The summed E-state index contributed by atoms with van der Waals surface area (Å²) in [6.07, 6.45) is 4.50. The molecule has 1 aromatic rings. The fourth-order valence-corrected chi connectivity index (χ4v) is 2.80. The van der Waals surface area contributed by atoms with Crippen molar-refractivity contribution in [3.63, 3.8) is 0 Å². The van der Waals surface area contributed by atoms with Crippen LogP contribution in [0.5, 0.6) is 0 Å². The van der Waals surface area contributed by atoms with Gasteiger partial charge in [0.05, 0.1) is 0 Å². The Morgan fingerprint density at radius 1 is 1.38 bits per heavy atom. The number of amides is 1. The first kappa shape index (κ1) is 18.0. The summed E-state index contributed by atoms with van der Waals surface area (Å²) in [5, 5.41) is 2.81. The summed E-state index contributed by atoms with van der Waals surface area (Å²) < 4.78 is 24.2. The van der Waals surface area contributed by atoms with Gasteiger partial charge in [0, 0.05) is 30.0 Å². The normalized spacial score (nSPS) is 11.9. The standard InChI is InChI=1S/C14H23ClN2O3S/c1-4-17-10-12(21(15,19)20)9-13(17)14(18)16-8-6-5-7-11(2)3/h9-11H,4-8H2,1-3H3,(H,16,18). The molecule has 120 valence electrons. The highest BCUT2D eigenvalue weighted by Gasteiger charge is 2.19. The fraction of sp³-hybridized carbons (Fsp3) is 0.643. The van der Waals surface area contributed by atoms with Crippen LogP contribution in [0.1, 0.15) is 50.5 Å². The van der Waals surface area contributed by atoms with Crippen LogP contribution < -0.4 is 5.32 Å². The van der Waals surface area contributed by atoms with E-state index in [-0.39, 0.29) is 10.8 Å². The predicted octanol–water partition coefficient (Wildman–Crippen LogP) is 2.99. The third-order valence-electron chi connectivity index (χ3n) is 3.22. The summed E-state index contributed by atoms with van der Waals surface area (Å²) >= 11 is 0. The highest BCUT2D eigenvalue weighted by atomic mass is 35.7. The van der Waals surface area contributed by atoms with Crippen LogP contribution in [0.3, 0.4) is 0 Å². The highest BCUT2D eigenvalue weighted by molar-refractivity contribution is 8.13. The van der Waals surface area contributed by atoms with E-state index in [1.807, 2.05) is 6.92 Å². The molecule has 21 heavy (non-hydrogen) atoms. The van der Waals surface area contributed by atoms with Gasteiger partial charge in [0.1, 0.15) is 10.6 Å². The first-order chi connectivity index (χ1) is 9.75. The van der Waals surface area contributed by atoms with Crippen LogP contribution in [-0.2, 0) is 15.6 Å². The Labute approximate surface area is 131 Å². The molecule has 0 aliphatic carbocycles. The van der Waals surface area contributed by atoms with Crippen LogP contribution in [0.25, 0.3) is 0 Å². The first-order valence-corrected chi connectivity index (χ1v) is 9.49. The third kappa shape index (κ3) is 5.71. The number of unbranched alkanes of at least 4 members (excludes halogenated alkanes) is 1. The minimum atomic E-state index is -3.82. The Bertz CT molecular complexity index is 579. The van der Waals surface area contributed by atoms with Crippen LogP contribution in [0.4, 0.5) is 0 Å². The molecular weight excluding hydrogens is 312 g/mol. The van der Waals surface area contributed by atoms with Crippen molar-refractivity contribution in [3.8, 4) is 0 Å². The van der Waals surface area contributed by atoms with Crippen molar-refractivity contribution in [1.29, 1.82) is 0 Å². The molecule has 0 unspecified atom stereocenters. The Hall–Kier alpha value is -1.01. The zero-order valence-corrected chi connectivity index (χ0v) is 14.3. The first-order valence-electron chi connectivity index (χ1n) is 7.18. The molecule has 0 atom stereocenters. The lowest BCUT2D eigenvalue weighted by molar-refractivity contribution is 0.0943. The van der Waals surface area contributed by atoms with Crippen molar-refractivity contribution in [1.82, 2.24) is 9.88 Å². The summed E-state index contributed by atoms with van der Waals surface area (Å²) in [6, 6.07) is 1.31. The maximum absolute atomic E-state index is 12.1. The lowest BCUT2D eigenvalue weighted by atomic mass is 10.1. The zero-order chi connectivity index (χ0) is 16.0.